The molecule has 0 unspecified atom stereocenters. The molecule has 0 aliphatic rings. The summed E-state index contributed by atoms with van der Waals surface area (Å²) in [6, 6.07) is 100. The van der Waals surface area contributed by atoms with E-state index in [9.17, 15) is 0 Å². The molecule has 18 aromatic rings. The number of pyridine rings is 2. The van der Waals surface area contributed by atoms with Crippen LogP contribution in [0.2, 0.25) is 0 Å². The van der Waals surface area contributed by atoms with Crippen LogP contribution in [0.15, 0.2) is 304 Å². The maximum atomic E-state index is 5.54. The second-order valence-electron chi connectivity index (χ2n) is 22.6. The van der Waals surface area contributed by atoms with Gasteiger partial charge in [0.2, 0.25) is 0 Å². The maximum absolute atomic E-state index is 5.54. The SMILES string of the molecule is c1ccc(-c2nc(-c3ccc(-n4c5ccccc5c5ccccc54)c(-c4ccncc4-n4c5ccccc5c5ccccc54)c3)cc(-c3ccc(-n4c5ccccc5c5ccccc54)c(-c4ccncc4-n4c5ccccc5c5ccccc54)c3)n2)cc1. The lowest BCUT2D eigenvalue weighted by Gasteiger charge is -2.20. The molecule has 0 saturated carbocycles. The molecule has 7 heterocycles. The van der Waals surface area contributed by atoms with Crippen LogP contribution in [0.4, 0.5) is 0 Å². The molecule has 11 aromatic carbocycles. The molecular formula is C80H50N8. The number of fused-ring (bicyclic) bond motifs is 12. The molecule has 0 atom stereocenters. The first-order valence-corrected chi connectivity index (χ1v) is 29.8. The van der Waals surface area contributed by atoms with Crippen molar-refractivity contribution in [2.75, 3.05) is 0 Å². The lowest BCUT2D eigenvalue weighted by Crippen LogP contribution is -2.03. The second-order valence-corrected chi connectivity index (χ2v) is 22.6. The first-order valence-electron chi connectivity index (χ1n) is 29.8. The maximum Gasteiger partial charge on any atom is 0.160 e. The Morgan fingerprint density at radius 1 is 0.216 bits per heavy atom. The number of para-hydroxylation sites is 8. The monoisotopic (exact) mass is 1120 g/mol. The standard InChI is InChI=1S/C80H50N8/c1-2-20-51(21-3-1)80-83-66(52-38-40-76(85-68-30-12-4-22-54(68)55-23-5-13-31-69(55)85)64(46-52)62-42-44-81-49-78(62)87-72-34-16-8-26-58(72)59-27-9-17-35-73(59)87)48-67(84-80)53-39-41-77(86-70-32-14-6-24-56(70)57-25-7-15-33-71(57)86)65(47-53)63-43-45-82-50-79(63)88-74-36-18-10-28-60(74)61-29-11-19-37-75(61)88/h1-50H. The quantitative estimate of drug-likeness (QED) is 0.144. The average molecular weight is 1120 g/mol. The van der Waals surface area contributed by atoms with Crippen molar-refractivity contribution in [3.05, 3.63) is 304 Å². The van der Waals surface area contributed by atoms with Crippen LogP contribution in [0.5, 0.6) is 0 Å². The Labute approximate surface area is 505 Å². The number of aromatic nitrogens is 8. The molecule has 8 nitrogen and oxygen atoms in total. The third-order valence-electron chi connectivity index (χ3n) is 17.8. The Morgan fingerprint density at radius 2 is 0.500 bits per heavy atom. The molecule has 0 aliphatic carbocycles. The van der Waals surface area contributed by atoms with Gasteiger partial charge in [-0.15, -0.1) is 0 Å². The Morgan fingerprint density at radius 3 is 0.818 bits per heavy atom. The van der Waals surface area contributed by atoms with Crippen molar-refractivity contribution in [1.82, 2.24) is 38.2 Å². The smallest absolute Gasteiger partial charge is 0.160 e. The zero-order valence-corrected chi connectivity index (χ0v) is 47.4. The van der Waals surface area contributed by atoms with E-state index in [0.717, 1.165) is 117 Å². The van der Waals surface area contributed by atoms with Gasteiger partial charge in [-0.3, -0.25) is 9.97 Å². The Bertz CT molecular complexity index is 5290. The lowest BCUT2D eigenvalue weighted by molar-refractivity contribution is 1.13. The molecule has 0 aliphatic heterocycles. The summed E-state index contributed by atoms with van der Waals surface area (Å²) in [5.74, 6) is 0.624. The second kappa shape index (κ2) is 19.8. The molecule has 88 heavy (non-hydrogen) atoms. The first-order chi connectivity index (χ1) is 43.7. The van der Waals surface area contributed by atoms with Gasteiger partial charge in [0.1, 0.15) is 0 Å². The van der Waals surface area contributed by atoms with Crippen molar-refractivity contribution >= 4 is 87.2 Å². The summed E-state index contributed by atoms with van der Waals surface area (Å²) in [4.78, 5) is 20.8. The molecule has 0 saturated heterocycles. The molecule has 0 N–H and O–H groups in total. The zero-order chi connectivity index (χ0) is 57.8. The minimum atomic E-state index is 0.624. The van der Waals surface area contributed by atoms with Crippen LogP contribution in [0, 0.1) is 0 Å². The van der Waals surface area contributed by atoms with Crippen molar-refractivity contribution in [2.24, 2.45) is 0 Å². The molecule has 0 fully saturated rings. The molecule has 18 rings (SSSR count). The van der Waals surface area contributed by atoms with Crippen LogP contribution in [-0.4, -0.2) is 38.2 Å². The Hall–Kier alpha value is -12.0. The summed E-state index contributed by atoms with van der Waals surface area (Å²) >= 11 is 0. The topological polar surface area (TPSA) is 71.3 Å². The van der Waals surface area contributed by atoms with E-state index >= 15 is 0 Å². The van der Waals surface area contributed by atoms with E-state index in [-0.39, 0.29) is 0 Å². The van der Waals surface area contributed by atoms with Crippen LogP contribution in [0.1, 0.15) is 0 Å². The van der Waals surface area contributed by atoms with E-state index in [1.54, 1.807) is 0 Å². The molecule has 0 spiro atoms. The molecule has 410 valence electrons. The number of benzene rings is 11. The van der Waals surface area contributed by atoms with Gasteiger partial charge in [0.25, 0.3) is 0 Å². The van der Waals surface area contributed by atoms with E-state index < -0.39 is 0 Å². The number of hydrogen-bond acceptors (Lipinski definition) is 4. The van der Waals surface area contributed by atoms with Gasteiger partial charge < -0.3 is 18.3 Å². The fraction of sp³-hybridized carbons (Fsp3) is 0. The molecular weight excluding hydrogens is 1070 g/mol. The van der Waals surface area contributed by atoms with Gasteiger partial charge >= 0.3 is 0 Å². The summed E-state index contributed by atoms with van der Waals surface area (Å²) < 4.78 is 9.60. The molecule has 0 radical (unpaired) electrons. The fourth-order valence-electron chi connectivity index (χ4n) is 14.0. The normalized spacial score (nSPS) is 11.9. The van der Waals surface area contributed by atoms with Gasteiger partial charge in [-0.05, 0) is 91.0 Å². The van der Waals surface area contributed by atoms with Crippen LogP contribution >= 0.6 is 0 Å². The third kappa shape index (κ3) is 7.59. The zero-order valence-electron chi connectivity index (χ0n) is 47.4. The Balaban J connectivity index is 0.898. The predicted molar refractivity (Wildman–Crippen MR) is 362 cm³/mol. The first kappa shape index (κ1) is 49.4. The van der Waals surface area contributed by atoms with Crippen LogP contribution in [0.25, 0.3) is 166 Å². The number of hydrogen-bond donors (Lipinski definition) is 0. The highest BCUT2D eigenvalue weighted by Crippen LogP contribution is 2.45. The summed E-state index contributed by atoms with van der Waals surface area (Å²) in [5, 5.41) is 9.50. The molecule has 0 bridgehead atoms. The van der Waals surface area contributed by atoms with Crippen molar-refractivity contribution in [3.63, 3.8) is 0 Å². The van der Waals surface area contributed by atoms with Gasteiger partial charge in [0.15, 0.2) is 5.82 Å². The molecule has 8 heteroatoms. The van der Waals surface area contributed by atoms with Crippen molar-refractivity contribution in [3.8, 4) is 78.9 Å². The minimum absolute atomic E-state index is 0.624. The number of rotatable bonds is 9. The lowest BCUT2D eigenvalue weighted by atomic mass is 9.96. The summed E-state index contributed by atoms with van der Waals surface area (Å²) in [6.45, 7) is 0. The van der Waals surface area contributed by atoms with Gasteiger partial charge in [-0.2, -0.15) is 0 Å². The van der Waals surface area contributed by atoms with Crippen molar-refractivity contribution in [1.29, 1.82) is 0 Å². The van der Waals surface area contributed by atoms with Crippen molar-refractivity contribution in [2.45, 2.75) is 0 Å². The summed E-state index contributed by atoms with van der Waals surface area (Å²) in [7, 11) is 0. The highest BCUT2D eigenvalue weighted by molar-refractivity contribution is 6.14. The van der Waals surface area contributed by atoms with Crippen LogP contribution < -0.4 is 0 Å². The number of nitrogens with zero attached hydrogens (tertiary/aromatic N) is 8. The third-order valence-corrected chi connectivity index (χ3v) is 17.8. The minimum Gasteiger partial charge on any atom is -0.309 e. The average Bonchev–Trinajstić information content (AvgIpc) is 1.95. The largest absolute Gasteiger partial charge is 0.309 e. The van der Waals surface area contributed by atoms with Crippen LogP contribution in [-0.2, 0) is 0 Å². The van der Waals surface area contributed by atoms with Crippen molar-refractivity contribution < 1.29 is 0 Å². The van der Waals surface area contributed by atoms with Gasteiger partial charge in [0, 0.05) is 94.4 Å². The predicted octanol–water partition coefficient (Wildman–Crippen LogP) is 20.0. The van der Waals surface area contributed by atoms with Gasteiger partial charge in [-0.1, -0.05) is 188 Å². The summed E-state index contributed by atoms with van der Waals surface area (Å²) in [5.41, 5.74) is 21.4. The molecule has 7 aromatic heterocycles. The molecule has 0 amide bonds. The van der Waals surface area contributed by atoms with E-state index in [1.165, 1.54) is 43.1 Å². The van der Waals surface area contributed by atoms with Gasteiger partial charge in [0.05, 0.1) is 90.7 Å². The van der Waals surface area contributed by atoms with Crippen LogP contribution in [0.3, 0.4) is 0 Å². The Kier molecular flexibility index (Phi) is 11.1. The van der Waals surface area contributed by atoms with E-state index in [4.69, 9.17) is 19.9 Å². The van der Waals surface area contributed by atoms with E-state index in [2.05, 4.69) is 291 Å². The van der Waals surface area contributed by atoms with E-state index in [0.29, 0.717) is 5.82 Å². The van der Waals surface area contributed by atoms with E-state index in [1.807, 2.05) is 30.9 Å². The highest BCUT2D eigenvalue weighted by atomic mass is 15.0. The summed E-state index contributed by atoms with van der Waals surface area (Å²) in [6.07, 6.45) is 7.87. The van der Waals surface area contributed by atoms with Gasteiger partial charge in [-0.25, -0.2) is 9.97 Å². The highest BCUT2D eigenvalue weighted by Gasteiger charge is 2.25. The fourth-order valence-corrected chi connectivity index (χ4v) is 14.0.